The normalized spacial score (nSPS) is 13.4. The summed E-state index contributed by atoms with van der Waals surface area (Å²) in [5.41, 5.74) is 1.76. The monoisotopic (exact) mass is 537 g/mol. The number of likely N-dealkylation sites (N-methyl/N-ethyl adjacent to an activating group) is 1. The zero-order chi connectivity index (χ0) is 24.8. The van der Waals surface area contributed by atoms with Crippen LogP contribution in [0.25, 0.3) is 0 Å². The Morgan fingerprint density at radius 2 is 1.73 bits per heavy atom. The molecule has 0 spiro atoms. The number of carbonyl (C=O) groups excluding carboxylic acids is 2. The summed E-state index contributed by atoms with van der Waals surface area (Å²) in [5, 5.41) is 2.90. The molecule has 0 fully saturated rings. The molecule has 0 aliphatic heterocycles. The van der Waals surface area contributed by atoms with Crippen LogP contribution in [0.5, 0.6) is 0 Å². The predicted molar refractivity (Wildman–Crippen MR) is 133 cm³/mol. The Morgan fingerprint density at radius 1 is 1.09 bits per heavy atom. The summed E-state index contributed by atoms with van der Waals surface area (Å²) in [4.78, 5) is 27.6. The quantitative estimate of drug-likeness (QED) is 0.500. The van der Waals surface area contributed by atoms with E-state index in [-0.39, 0.29) is 29.9 Å². The van der Waals surface area contributed by atoms with Crippen LogP contribution < -0.4 is 5.32 Å². The van der Waals surface area contributed by atoms with Crippen LogP contribution in [0.15, 0.2) is 57.9 Å². The number of nitrogens with zero attached hydrogens (tertiary/aromatic N) is 2. The number of sulfonamides is 1. The summed E-state index contributed by atoms with van der Waals surface area (Å²) in [5.74, 6) is -0.739. The molecule has 1 N–H and O–H groups in total. The van der Waals surface area contributed by atoms with Gasteiger partial charge in [-0.15, -0.1) is 0 Å². The Labute approximate surface area is 205 Å². The molecule has 0 saturated heterocycles. The summed E-state index contributed by atoms with van der Waals surface area (Å²) in [6, 6.07) is 13.1. The highest BCUT2D eigenvalue weighted by atomic mass is 79.9. The maximum absolute atomic E-state index is 13.3. The third-order valence-corrected chi connectivity index (χ3v) is 7.81. The van der Waals surface area contributed by atoms with Crippen molar-refractivity contribution in [2.75, 3.05) is 13.6 Å². The first-order chi connectivity index (χ1) is 15.4. The molecule has 0 aliphatic rings. The zero-order valence-electron chi connectivity index (χ0n) is 19.7. The lowest BCUT2D eigenvalue weighted by Gasteiger charge is -2.31. The van der Waals surface area contributed by atoms with Gasteiger partial charge >= 0.3 is 0 Å². The van der Waals surface area contributed by atoms with Crippen LogP contribution in [0.1, 0.15) is 38.3 Å². The van der Waals surface area contributed by atoms with E-state index in [1.165, 1.54) is 24.1 Å². The molecule has 0 aliphatic carbocycles. The average molecular weight is 539 g/mol. The summed E-state index contributed by atoms with van der Waals surface area (Å²) in [6.07, 6.45) is 0.759. The van der Waals surface area contributed by atoms with Gasteiger partial charge < -0.3 is 10.2 Å². The molecule has 0 aromatic heterocycles. The van der Waals surface area contributed by atoms with Crippen LogP contribution in [-0.2, 0) is 26.2 Å². The maximum Gasteiger partial charge on any atom is 0.243 e. The lowest BCUT2D eigenvalue weighted by Crippen LogP contribution is -2.51. The Hall–Kier alpha value is -2.23. The van der Waals surface area contributed by atoms with Crippen LogP contribution in [0, 0.1) is 6.92 Å². The van der Waals surface area contributed by atoms with Crippen LogP contribution in [-0.4, -0.2) is 55.1 Å². The second-order valence-corrected chi connectivity index (χ2v) is 11.2. The molecule has 2 atom stereocenters. The van der Waals surface area contributed by atoms with E-state index in [9.17, 15) is 18.0 Å². The maximum atomic E-state index is 13.3. The fourth-order valence-corrected chi connectivity index (χ4v) is 4.70. The van der Waals surface area contributed by atoms with Crippen LogP contribution in [0.4, 0.5) is 0 Å². The number of halogens is 1. The van der Waals surface area contributed by atoms with Gasteiger partial charge in [-0.05, 0) is 57.0 Å². The first-order valence-electron chi connectivity index (χ1n) is 10.8. The lowest BCUT2D eigenvalue weighted by atomic mass is 10.1. The number of nitrogens with one attached hydrogen (secondary N) is 1. The Balaban J connectivity index is 2.27. The third-order valence-electron chi connectivity index (χ3n) is 5.50. The number of aryl methyl sites for hydroxylation is 1. The molecule has 180 valence electrons. The van der Waals surface area contributed by atoms with Crippen LogP contribution >= 0.6 is 15.9 Å². The van der Waals surface area contributed by atoms with E-state index in [2.05, 4.69) is 21.2 Å². The summed E-state index contributed by atoms with van der Waals surface area (Å²) < 4.78 is 27.8. The zero-order valence-corrected chi connectivity index (χ0v) is 22.1. The average Bonchev–Trinajstić information content (AvgIpc) is 2.77. The third kappa shape index (κ3) is 7.38. The van der Waals surface area contributed by atoms with Crippen molar-refractivity contribution in [3.8, 4) is 0 Å². The van der Waals surface area contributed by atoms with Crippen LogP contribution in [0.3, 0.4) is 0 Å². The highest BCUT2D eigenvalue weighted by Gasteiger charge is 2.30. The number of carbonyl (C=O) groups is 2. The van der Waals surface area contributed by atoms with Gasteiger partial charge in [-0.25, -0.2) is 8.42 Å². The topological polar surface area (TPSA) is 86.8 Å². The predicted octanol–water partition coefficient (Wildman–Crippen LogP) is 3.71. The molecule has 9 heteroatoms. The molecule has 33 heavy (non-hydrogen) atoms. The molecule has 0 bridgehead atoms. The van der Waals surface area contributed by atoms with Crippen molar-refractivity contribution < 1.29 is 18.0 Å². The van der Waals surface area contributed by atoms with Gasteiger partial charge in [0.2, 0.25) is 21.8 Å². The van der Waals surface area contributed by atoms with Gasteiger partial charge in [-0.1, -0.05) is 52.7 Å². The largest absolute Gasteiger partial charge is 0.352 e. The smallest absolute Gasteiger partial charge is 0.243 e. The van der Waals surface area contributed by atoms with Crippen molar-refractivity contribution in [3.05, 3.63) is 64.1 Å². The van der Waals surface area contributed by atoms with Gasteiger partial charge in [0.15, 0.2) is 0 Å². The van der Waals surface area contributed by atoms with Crippen molar-refractivity contribution in [2.45, 2.75) is 57.6 Å². The molecule has 2 amide bonds. The number of amides is 2. The first-order valence-corrected chi connectivity index (χ1v) is 13.1. The second kappa shape index (κ2) is 11.8. The van der Waals surface area contributed by atoms with Crippen molar-refractivity contribution in [1.82, 2.24) is 14.5 Å². The van der Waals surface area contributed by atoms with Crippen molar-refractivity contribution in [3.63, 3.8) is 0 Å². The minimum absolute atomic E-state index is 0.0349. The number of hydrogen-bond donors (Lipinski definition) is 1. The Morgan fingerprint density at radius 3 is 2.30 bits per heavy atom. The number of benzene rings is 2. The minimum atomic E-state index is -3.86. The number of rotatable bonds is 10. The molecular formula is C24H32BrN3O4S. The lowest BCUT2D eigenvalue weighted by molar-refractivity contribution is -0.140. The van der Waals surface area contributed by atoms with Gasteiger partial charge in [0.25, 0.3) is 0 Å². The van der Waals surface area contributed by atoms with Crippen molar-refractivity contribution >= 4 is 37.8 Å². The van der Waals surface area contributed by atoms with E-state index in [1.807, 2.05) is 45.0 Å². The van der Waals surface area contributed by atoms with Gasteiger partial charge in [-0.2, -0.15) is 4.31 Å². The first kappa shape index (κ1) is 27.0. The molecule has 2 aromatic rings. The second-order valence-electron chi connectivity index (χ2n) is 8.22. The molecule has 0 saturated carbocycles. The minimum Gasteiger partial charge on any atom is -0.352 e. The standard InChI is InChI=1S/C24H32BrN3O4S/c1-6-18(3)26-24(30)19(4)28(15-20-8-7-9-21(25)14-20)23(29)16-27(5)33(31,32)22-12-10-17(2)11-13-22/h7-14,18-19H,6,15-16H2,1-5H3,(H,26,30). The summed E-state index contributed by atoms with van der Waals surface area (Å²) in [7, 11) is -2.49. The van der Waals surface area contributed by atoms with E-state index in [1.54, 1.807) is 19.1 Å². The Bertz CT molecular complexity index is 1070. The number of hydrogen-bond acceptors (Lipinski definition) is 4. The van der Waals surface area contributed by atoms with Crippen molar-refractivity contribution in [2.24, 2.45) is 0 Å². The summed E-state index contributed by atoms with van der Waals surface area (Å²) >= 11 is 3.42. The molecule has 0 radical (unpaired) electrons. The fraction of sp³-hybridized carbons (Fsp3) is 0.417. The van der Waals surface area contributed by atoms with E-state index in [0.29, 0.717) is 0 Å². The van der Waals surface area contributed by atoms with Crippen LogP contribution in [0.2, 0.25) is 0 Å². The van der Waals surface area contributed by atoms with E-state index < -0.39 is 22.0 Å². The molecule has 2 unspecified atom stereocenters. The molecule has 2 rings (SSSR count). The summed E-state index contributed by atoms with van der Waals surface area (Å²) in [6.45, 7) is 7.17. The highest BCUT2D eigenvalue weighted by molar-refractivity contribution is 9.10. The van der Waals surface area contributed by atoms with Gasteiger partial charge in [0.05, 0.1) is 11.4 Å². The van der Waals surface area contributed by atoms with E-state index >= 15 is 0 Å². The fourth-order valence-electron chi connectivity index (χ4n) is 3.14. The molecule has 0 heterocycles. The van der Waals surface area contributed by atoms with Gasteiger partial charge in [0, 0.05) is 24.1 Å². The molecular weight excluding hydrogens is 506 g/mol. The van der Waals surface area contributed by atoms with Gasteiger partial charge in [-0.3, -0.25) is 9.59 Å². The SMILES string of the molecule is CCC(C)NC(=O)C(C)N(Cc1cccc(Br)c1)C(=O)CN(C)S(=O)(=O)c1ccc(C)cc1. The van der Waals surface area contributed by atoms with Gasteiger partial charge in [0.1, 0.15) is 6.04 Å². The van der Waals surface area contributed by atoms with E-state index in [0.717, 1.165) is 26.3 Å². The molecule has 7 nitrogen and oxygen atoms in total. The highest BCUT2D eigenvalue weighted by Crippen LogP contribution is 2.18. The Kier molecular flexibility index (Phi) is 9.63. The van der Waals surface area contributed by atoms with Crippen molar-refractivity contribution in [1.29, 1.82) is 0 Å². The van der Waals surface area contributed by atoms with E-state index in [4.69, 9.17) is 0 Å². The molecule has 2 aromatic carbocycles.